The number of nitrogens with zero attached hydrogens (tertiary/aromatic N) is 4. The van der Waals surface area contributed by atoms with E-state index in [1.807, 2.05) is 59.2 Å². The van der Waals surface area contributed by atoms with E-state index in [1.165, 1.54) is 20.7 Å². The van der Waals surface area contributed by atoms with Gasteiger partial charge in [0.25, 0.3) is 0 Å². The molecule has 0 atom stereocenters. The fourth-order valence-electron chi connectivity index (χ4n) is 7.48. The van der Waals surface area contributed by atoms with Crippen molar-refractivity contribution >= 4 is 50.6 Å². The third-order valence-electron chi connectivity index (χ3n) is 9.65. The molecule has 8 aromatic rings. The van der Waals surface area contributed by atoms with Gasteiger partial charge < -0.3 is 4.57 Å². The Morgan fingerprint density at radius 1 is 0.420 bits per heavy atom. The van der Waals surface area contributed by atoms with Crippen LogP contribution in [-0.4, -0.2) is 12.6 Å². The molecule has 0 aliphatic heterocycles. The number of hydrogen-bond donors (Lipinski definition) is 0. The summed E-state index contributed by atoms with van der Waals surface area (Å²) in [6.45, 7) is 0. The Kier molecular flexibility index (Phi) is 7.63. The number of hydrogen-bond acceptors (Lipinski definition) is 3. The van der Waals surface area contributed by atoms with E-state index in [9.17, 15) is 15.8 Å². The van der Waals surface area contributed by atoms with Gasteiger partial charge in [-0.1, -0.05) is 133 Å². The normalized spacial score (nSPS) is 11.1. The molecule has 0 amide bonds. The van der Waals surface area contributed by atoms with Crippen LogP contribution in [0.1, 0.15) is 16.7 Å². The Bertz CT molecular complexity index is 2580. The molecule has 8 rings (SSSR count). The molecule has 0 unspecified atom stereocenters. The van der Waals surface area contributed by atoms with Gasteiger partial charge in [0.05, 0.1) is 45.5 Å². The van der Waals surface area contributed by atoms with E-state index < -0.39 is 8.07 Å². The van der Waals surface area contributed by atoms with Crippen molar-refractivity contribution in [3.8, 4) is 35.0 Å². The minimum atomic E-state index is -2.81. The summed E-state index contributed by atoms with van der Waals surface area (Å²) in [5, 5.41) is 37.7. The molecular formula is C45H28N4Si. The Balaban J connectivity index is 1.38. The highest BCUT2D eigenvalue weighted by atomic mass is 28.3. The number of rotatable bonds is 6. The van der Waals surface area contributed by atoms with Crippen molar-refractivity contribution in [3.63, 3.8) is 0 Å². The number of benzene rings is 7. The van der Waals surface area contributed by atoms with E-state index in [0.29, 0.717) is 27.9 Å². The van der Waals surface area contributed by atoms with E-state index in [-0.39, 0.29) is 0 Å². The third kappa shape index (κ3) is 4.80. The van der Waals surface area contributed by atoms with Crippen LogP contribution in [0.2, 0.25) is 0 Å². The first-order chi connectivity index (χ1) is 24.7. The molecule has 0 saturated carbocycles. The molecule has 0 fully saturated rings. The van der Waals surface area contributed by atoms with E-state index in [0.717, 1.165) is 27.4 Å². The first kappa shape index (κ1) is 30.4. The molecule has 0 bridgehead atoms. The maximum absolute atomic E-state index is 10.7. The van der Waals surface area contributed by atoms with Gasteiger partial charge in [-0.3, -0.25) is 0 Å². The number of nitriles is 3. The Hall–Kier alpha value is -6.97. The minimum Gasteiger partial charge on any atom is -0.308 e. The lowest BCUT2D eigenvalue weighted by molar-refractivity contribution is 1.16. The van der Waals surface area contributed by atoms with Gasteiger partial charge in [-0.15, -0.1) is 0 Å². The molecule has 0 aliphatic carbocycles. The highest BCUT2D eigenvalue weighted by Gasteiger charge is 2.41. The summed E-state index contributed by atoms with van der Waals surface area (Å²) in [6.07, 6.45) is 0. The monoisotopic (exact) mass is 652 g/mol. The maximum atomic E-state index is 10.7. The lowest BCUT2D eigenvalue weighted by Gasteiger charge is -2.34. The number of aromatic nitrogens is 1. The molecule has 5 heteroatoms. The zero-order valence-electron chi connectivity index (χ0n) is 27.0. The Morgan fingerprint density at radius 2 is 0.980 bits per heavy atom. The summed E-state index contributed by atoms with van der Waals surface area (Å²) in [5.41, 5.74) is 5.47. The smallest absolute Gasteiger partial charge is 0.179 e. The van der Waals surface area contributed by atoms with Gasteiger partial charge >= 0.3 is 0 Å². The molecule has 1 aromatic heterocycles. The molecule has 0 radical (unpaired) electrons. The van der Waals surface area contributed by atoms with E-state index in [2.05, 4.69) is 127 Å². The molecule has 0 spiro atoms. The summed E-state index contributed by atoms with van der Waals surface area (Å²) in [7, 11) is -2.81. The average molecular weight is 653 g/mol. The van der Waals surface area contributed by atoms with Gasteiger partial charge in [-0.05, 0) is 62.7 Å². The maximum Gasteiger partial charge on any atom is 0.179 e. The molecule has 1 heterocycles. The molecular weight excluding hydrogens is 625 g/mol. The number of para-hydroxylation sites is 1. The first-order valence-corrected chi connectivity index (χ1v) is 18.4. The van der Waals surface area contributed by atoms with Crippen LogP contribution in [0.4, 0.5) is 0 Å². The van der Waals surface area contributed by atoms with Crippen molar-refractivity contribution in [1.29, 1.82) is 15.8 Å². The quantitative estimate of drug-likeness (QED) is 0.138. The summed E-state index contributed by atoms with van der Waals surface area (Å²) in [4.78, 5) is 0. The molecule has 0 aliphatic rings. The van der Waals surface area contributed by atoms with Crippen molar-refractivity contribution in [2.45, 2.75) is 0 Å². The molecule has 232 valence electrons. The summed E-state index contributed by atoms with van der Waals surface area (Å²) in [6, 6.07) is 65.1. The molecule has 0 saturated heterocycles. The Labute approximate surface area is 291 Å². The molecule has 50 heavy (non-hydrogen) atoms. The van der Waals surface area contributed by atoms with Gasteiger partial charge in [-0.2, -0.15) is 15.8 Å². The highest BCUT2D eigenvalue weighted by Crippen LogP contribution is 2.36. The van der Waals surface area contributed by atoms with E-state index in [4.69, 9.17) is 0 Å². The zero-order chi connectivity index (χ0) is 34.1. The topological polar surface area (TPSA) is 76.3 Å². The molecule has 0 N–H and O–H groups in total. The first-order valence-electron chi connectivity index (χ1n) is 16.4. The van der Waals surface area contributed by atoms with Crippen LogP contribution in [0.3, 0.4) is 0 Å². The second-order valence-corrected chi connectivity index (χ2v) is 16.1. The van der Waals surface area contributed by atoms with Crippen LogP contribution in [0, 0.1) is 34.0 Å². The Morgan fingerprint density at radius 3 is 1.58 bits per heavy atom. The highest BCUT2D eigenvalue weighted by molar-refractivity contribution is 7.19. The zero-order valence-corrected chi connectivity index (χ0v) is 28.0. The second kappa shape index (κ2) is 12.6. The van der Waals surface area contributed by atoms with Crippen molar-refractivity contribution < 1.29 is 0 Å². The van der Waals surface area contributed by atoms with E-state index in [1.54, 1.807) is 6.07 Å². The molecule has 4 nitrogen and oxygen atoms in total. The number of fused-ring (bicyclic) bond motifs is 3. The minimum absolute atomic E-state index is 0.453. The molecule has 7 aromatic carbocycles. The van der Waals surface area contributed by atoms with Crippen molar-refractivity contribution in [2.75, 3.05) is 0 Å². The van der Waals surface area contributed by atoms with Crippen molar-refractivity contribution in [2.24, 2.45) is 0 Å². The summed E-state index contributed by atoms with van der Waals surface area (Å²) < 4.78 is 2.03. The standard InChI is InChI=1S/C45H28N4Si/c46-29-32-23-24-44-42(25-32)40-21-10-11-22-43(40)49(44)45-28-34(30-47)41(27-35(45)31-48)33-13-12-20-39(26-33)50(36-14-4-1-5-15-36,37-16-6-2-7-17-37)38-18-8-3-9-19-38/h1-28H. The van der Waals surface area contributed by atoms with Crippen molar-refractivity contribution in [3.05, 3.63) is 187 Å². The third-order valence-corrected chi connectivity index (χ3v) is 14.4. The van der Waals surface area contributed by atoms with Crippen LogP contribution in [-0.2, 0) is 0 Å². The van der Waals surface area contributed by atoms with Crippen LogP contribution >= 0.6 is 0 Å². The second-order valence-electron chi connectivity index (χ2n) is 12.3. The van der Waals surface area contributed by atoms with E-state index >= 15 is 0 Å². The fourth-order valence-corrected chi connectivity index (χ4v) is 12.3. The van der Waals surface area contributed by atoms with Crippen LogP contribution in [0.25, 0.3) is 38.6 Å². The van der Waals surface area contributed by atoms with Gasteiger partial charge in [0.15, 0.2) is 8.07 Å². The lowest BCUT2D eigenvalue weighted by Crippen LogP contribution is -2.74. The fraction of sp³-hybridized carbons (Fsp3) is 0. The van der Waals surface area contributed by atoms with Gasteiger partial charge in [-0.25, -0.2) is 0 Å². The predicted molar refractivity (Wildman–Crippen MR) is 204 cm³/mol. The van der Waals surface area contributed by atoms with Gasteiger partial charge in [0.1, 0.15) is 6.07 Å². The average Bonchev–Trinajstić information content (AvgIpc) is 3.52. The van der Waals surface area contributed by atoms with Gasteiger partial charge in [0.2, 0.25) is 0 Å². The van der Waals surface area contributed by atoms with Crippen LogP contribution < -0.4 is 20.7 Å². The lowest BCUT2D eigenvalue weighted by atomic mass is 9.96. The summed E-state index contributed by atoms with van der Waals surface area (Å²) in [5.74, 6) is 0. The SMILES string of the molecule is N#Cc1ccc2c(c1)c1ccccc1n2-c1cc(C#N)c(-c2cccc([Si](c3ccccc3)(c3ccccc3)c3ccccc3)c2)cc1C#N. The van der Waals surface area contributed by atoms with Crippen LogP contribution in [0.5, 0.6) is 0 Å². The van der Waals surface area contributed by atoms with Crippen molar-refractivity contribution in [1.82, 2.24) is 4.57 Å². The van der Waals surface area contributed by atoms with Gasteiger partial charge in [0, 0.05) is 16.3 Å². The largest absolute Gasteiger partial charge is 0.308 e. The van der Waals surface area contributed by atoms with Crippen LogP contribution in [0.15, 0.2) is 170 Å². The predicted octanol–water partition coefficient (Wildman–Crippen LogP) is 7.44. The summed E-state index contributed by atoms with van der Waals surface area (Å²) >= 11 is 0.